The van der Waals surface area contributed by atoms with E-state index in [0.717, 1.165) is 18.4 Å². The van der Waals surface area contributed by atoms with Gasteiger partial charge in [0.15, 0.2) is 0 Å². The second-order valence-electron chi connectivity index (χ2n) is 3.45. The lowest BCUT2D eigenvalue weighted by Gasteiger charge is -2.29. The van der Waals surface area contributed by atoms with Crippen molar-refractivity contribution in [2.24, 2.45) is 17.6 Å². The summed E-state index contributed by atoms with van der Waals surface area (Å²) >= 11 is 0. The van der Waals surface area contributed by atoms with Crippen LogP contribution < -0.4 is 5.73 Å². The molecule has 0 radical (unpaired) electrons. The molecule has 2 heteroatoms. The maximum atomic E-state index is 5.67. The van der Waals surface area contributed by atoms with Gasteiger partial charge in [-0.1, -0.05) is 32.6 Å². The molecule has 68 valence electrons. The number of rotatable bonds is 2. The predicted molar refractivity (Wildman–Crippen MR) is 52.0 cm³/mol. The molecule has 1 nitrogen and oxygen atoms in total. The van der Waals surface area contributed by atoms with E-state index in [1.165, 1.54) is 32.1 Å². The minimum absolute atomic E-state index is 0. The van der Waals surface area contributed by atoms with Crippen LogP contribution in [0.2, 0.25) is 0 Å². The van der Waals surface area contributed by atoms with Crippen LogP contribution in [0.4, 0.5) is 0 Å². The summed E-state index contributed by atoms with van der Waals surface area (Å²) in [5, 5.41) is 0. The van der Waals surface area contributed by atoms with Crippen LogP contribution in [0.25, 0.3) is 0 Å². The number of nitrogens with two attached hydrogens (primary N) is 1. The van der Waals surface area contributed by atoms with Crippen LogP contribution in [0.15, 0.2) is 0 Å². The maximum absolute atomic E-state index is 5.67. The second kappa shape index (κ2) is 5.84. The molecule has 0 heterocycles. The first-order valence-corrected chi connectivity index (χ1v) is 4.58. The molecule has 2 unspecified atom stereocenters. The van der Waals surface area contributed by atoms with Gasteiger partial charge in [0.1, 0.15) is 0 Å². The third kappa shape index (κ3) is 3.00. The summed E-state index contributed by atoms with van der Waals surface area (Å²) in [5.41, 5.74) is 5.67. The Morgan fingerprint density at radius 3 is 2.09 bits per heavy atom. The highest BCUT2D eigenvalue weighted by atomic mass is 35.5. The van der Waals surface area contributed by atoms with Crippen molar-refractivity contribution in [3.8, 4) is 0 Å². The SMILES string of the molecule is CCC1CCCCC1CN.Cl. The Hall–Kier alpha value is 0.250. The van der Waals surface area contributed by atoms with Gasteiger partial charge < -0.3 is 5.73 Å². The molecule has 1 aliphatic carbocycles. The van der Waals surface area contributed by atoms with Gasteiger partial charge in [-0.05, 0) is 24.8 Å². The Balaban J connectivity index is 0.000001000. The topological polar surface area (TPSA) is 26.0 Å². The van der Waals surface area contributed by atoms with Crippen LogP contribution in [-0.2, 0) is 0 Å². The minimum atomic E-state index is 0. The maximum Gasteiger partial charge on any atom is -0.00462 e. The second-order valence-corrected chi connectivity index (χ2v) is 3.45. The summed E-state index contributed by atoms with van der Waals surface area (Å²) in [6.45, 7) is 3.21. The standard InChI is InChI=1S/C9H19N.ClH/c1-2-8-5-3-4-6-9(8)7-10;/h8-9H,2-7,10H2,1H3;1H. The minimum Gasteiger partial charge on any atom is -0.330 e. The van der Waals surface area contributed by atoms with Crippen LogP contribution in [0.1, 0.15) is 39.0 Å². The third-order valence-corrected chi connectivity index (χ3v) is 2.89. The van der Waals surface area contributed by atoms with Crippen molar-refractivity contribution in [1.82, 2.24) is 0 Å². The summed E-state index contributed by atoms with van der Waals surface area (Å²) in [6, 6.07) is 0. The van der Waals surface area contributed by atoms with Gasteiger partial charge in [-0.2, -0.15) is 0 Å². The molecule has 1 saturated carbocycles. The van der Waals surface area contributed by atoms with Crippen molar-refractivity contribution in [2.45, 2.75) is 39.0 Å². The normalized spacial score (nSPS) is 31.1. The molecule has 1 aliphatic rings. The zero-order valence-electron chi connectivity index (χ0n) is 7.38. The summed E-state index contributed by atoms with van der Waals surface area (Å²) in [6.07, 6.45) is 7.00. The van der Waals surface area contributed by atoms with E-state index in [4.69, 9.17) is 5.73 Å². The van der Waals surface area contributed by atoms with Crippen LogP contribution >= 0.6 is 12.4 Å². The smallest absolute Gasteiger partial charge is 0.00462 e. The van der Waals surface area contributed by atoms with Crippen LogP contribution in [-0.4, -0.2) is 6.54 Å². The lowest BCUT2D eigenvalue weighted by Crippen LogP contribution is -2.26. The fourth-order valence-electron chi connectivity index (χ4n) is 2.13. The van der Waals surface area contributed by atoms with Gasteiger partial charge in [0.2, 0.25) is 0 Å². The molecule has 2 atom stereocenters. The molecular weight excluding hydrogens is 158 g/mol. The summed E-state index contributed by atoms with van der Waals surface area (Å²) < 4.78 is 0. The van der Waals surface area contributed by atoms with Crippen molar-refractivity contribution >= 4 is 12.4 Å². The molecule has 0 aromatic rings. The molecule has 0 aromatic heterocycles. The first-order valence-electron chi connectivity index (χ1n) is 4.58. The Kier molecular flexibility index (Phi) is 5.98. The molecule has 1 rings (SSSR count). The van der Waals surface area contributed by atoms with Crippen LogP contribution in [0.5, 0.6) is 0 Å². The van der Waals surface area contributed by atoms with E-state index in [2.05, 4.69) is 6.92 Å². The molecule has 0 saturated heterocycles. The van der Waals surface area contributed by atoms with Crippen molar-refractivity contribution in [3.63, 3.8) is 0 Å². The average molecular weight is 178 g/mol. The molecule has 0 aromatic carbocycles. The van der Waals surface area contributed by atoms with Gasteiger partial charge >= 0.3 is 0 Å². The first-order chi connectivity index (χ1) is 4.88. The van der Waals surface area contributed by atoms with Crippen molar-refractivity contribution in [3.05, 3.63) is 0 Å². The van der Waals surface area contributed by atoms with Gasteiger partial charge in [0.05, 0.1) is 0 Å². The molecule has 1 fully saturated rings. The molecule has 0 spiro atoms. The Labute approximate surface area is 76.1 Å². The summed E-state index contributed by atoms with van der Waals surface area (Å²) in [7, 11) is 0. The Bertz CT molecular complexity index is 83.6. The molecular formula is C9H20ClN. The monoisotopic (exact) mass is 177 g/mol. The van der Waals surface area contributed by atoms with Crippen molar-refractivity contribution in [2.75, 3.05) is 6.54 Å². The van der Waals surface area contributed by atoms with E-state index < -0.39 is 0 Å². The molecule has 0 aliphatic heterocycles. The fraction of sp³-hybridized carbons (Fsp3) is 1.00. The highest BCUT2D eigenvalue weighted by Gasteiger charge is 2.21. The zero-order valence-corrected chi connectivity index (χ0v) is 8.20. The quantitative estimate of drug-likeness (QED) is 0.690. The van der Waals surface area contributed by atoms with Crippen LogP contribution in [0, 0.1) is 11.8 Å². The Morgan fingerprint density at radius 2 is 1.73 bits per heavy atom. The third-order valence-electron chi connectivity index (χ3n) is 2.89. The summed E-state index contributed by atoms with van der Waals surface area (Å²) in [4.78, 5) is 0. The van der Waals surface area contributed by atoms with E-state index in [-0.39, 0.29) is 12.4 Å². The van der Waals surface area contributed by atoms with E-state index in [9.17, 15) is 0 Å². The molecule has 0 amide bonds. The van der Waals surface area contributed by atoms with Gasteiger partial charge in [-0.25, -0.2) is 0 Å². The van der Waals surface area contributed by atoms with Gasteiger partial charge in [0.25, 0.3) is 0 Å². The van der Waals surface area contributed by atoms with Gasteiger partial charge in [-0.15, -0.1) is 12.4 Å². The number of hydrogen-bond donors (Lipinski definition) is 1. The zero-order chi connectivity index (χ0) is 7.40. The highest BCUT2D eigenvalue weighted by molar-refractivity contribution is 5.85. The summed E-state index contributed by atoms with van der Waals surface area (Å²) in [5.74, 6) is 1.79. The average Bonchev–Trinajstić information content (AvgIpc) is 2.04. The van der Waals surface area contributed by atoms with Crippen LogP contribution in [0.3, 0.4) is 0 Å². The first kappa shape index (κ1) is 11.2. The van der Waals surface area contributed by atoms with E-state index >= 15 is 0 Å². The fourth-order valence-corrected chi connectivity index (χ4v) is 2.13. The largest absolute Gasteiger partial charge is 0.330 e. The molecule has 0 bridgehead atoms. The molecule has 2 N–H and O–H groups in total. The number of halogens is 1. The highest BCUT2D eigenvalue weighted by Crippen LogP contribution is 2.30. The van der Waals surface area contributed by atoms with Gasteiger partial charge in [0, 0.05) is 0 Å². The number of hydrogen-bond acceptors (Lipinski definition) is 1. The lowest BCUT2D eigenvalue weighted by atomic mass is 9.78. The lowest BCUT2D eigenvalue weighted by molar-refractivity contribution is 0.237. The molecule has 11 heavy (non-hydrogen) atoms. The predicted octanol–water partition coefficient (Wildman–Crippen LogP) is 2.58. The van der Waals surface area contributed by atoms with E-state index in [1.54, 1.807) is 0 Å². The van der Waals surface area contributed by atoms with Crippen molar-refractivity contribution in [1.29, 1.82) is 0 Å². The van der Waals surface area contributed by atoms with E-state index in [1.807, 2.05) is 0 Å². The van der Waals surface area contributed by atoms with Crippen molar-refractivity contribution < 1.29 is 0 Å². The van der Waals surface area contributed by atoms with E-state index in [0.29, 0.717) is 0 Å². The van der Waals surface area contributed by atoms with Gasteiger partial charge in [-0.3, -0.25) is 0 Å². The Morgan fingerprint density at radius 1 is 1.18 bits per heavy atom.